The predicted molar refractivity (Wildman–Crippen MR) is 83.7 cm³/mol. The van der Waals surface area contributed by atoms with Gasteiger partial charge in [-0.15, -0.1) is 0 Å². The molecule has 2 aliphatic heterocycles. The number of amides is 2. The first-order valence-electron chi connectivity index (χ1n) is 8.65. The zero-order valence-electron chi connectivity index (χ0n) is 13.8. The molecule has 8 heteroatoms. The third kappa shape index (κ3) is 3.40. The van der Waals surface area contributed by atoms with E-state index in [9.17, 15) is 18.4 Å². The second-order valence-corrected chi connectivity index (χ2v) is 7.22. The van der Waals surface area contributed by atoms with Crippen molar-refractivity contribution in [2.24, 2.45) is 5.92 Å². The first kappa shape index (κ1) is 16.5. The Morgan fingerprint density at radius 1 is 1.32 bits per heavy atom. The molecule has 6 nitrogen and oxygen atoms in total. The van der Waals surface area contributed by atoms with Gasteiger partial charge in [-0.1, -0.05) is 0 Å². The van der Waals surface area contributed by atoms with Crippen molar-refractivity contribution in [2.75, 3.05) is 19.6 Å². The van der Waals surface area contributed by atoms with Gasteiger partial charge in [-0.2, -0.15) is 0 Å². The van der Waals surface area contributed by atoms with Crippen LogP contribution in [0.3, 0.4) is 0 Å². The van der Waals surface area contributed by atoms with Gasteiger partial charge in [0.1, 0.15) is 5.76 Å². The Kier molecular flexibility index (Phi) is 4.02. The highest BCUT2D eigenvalue weighted by Crippen LogP contribution is 2.37. The smallest absolute Gasteiger partial charge is 0.262 e. The molecule has 1 unspecified atom stereocenters. The van der Waals surface area contributed by atoms with Crippen LogP contribution < -0.4 is 5.32 Å². The standard InChI is InChI=1S/C17H21F2N3O3/c18-17(19)6-14(15(23)20-7-13-2-1-5-25-13)22(10-17)12-8-21(9-12)16(24)11-3-4-11/h1-2,5,11-12,14H,3-4,6-10H2,(H,20,23). The minimum absolute atomic E-state index is 0.126. The number of furan rings is 1. The van der Waals surface area contributed by atoms with E-state index in [1.165, 1.54) is 6.26 Å². The summed E-state index contributed by atoms with van der Waals surface area (Å²) < 4.78 is 33.0. The van der Waals surface area contributed by atoms with E-state index in [4.69, 9.17) is 4.42 Å². The van der Waals surface area contributed by atoms with E-state index >= 15 is 0 Å². The van der Waals surface area contributed by atoms with Crippen molar-refractivity contribution in [2.45, 2.75) is 43.8 Å². The molecule has 0 bridgehead atoms. The molecule has 1 N–H and O–H groups in total. The molecule has 1 saturated carbocycles. The molecule has 1 atom stereocenters. The predicted octanol–water partition coefficient (Wildman–Crippen LogP) is 1.23. The fourth-order valence-corrected chi connectivity index (χ4v) is 3.61. The van der Waals surface area contributed by atoms with Crippen LogP contribution in [0.5, 0.6) is 0 Å². The Labute approximate surface area is 144 Å². The van der Waals surface area contributed by atoms with E-state index in [1.54, 1.807) is 21.9 Å². The van der Waals surface area contributed by atoms with E-state index in [-0.39, 0.29) is 24.4 Å². The molecule has 2 amide bonds. The molecule has 4 rings (SSSR count). The number of carbonyl (C=O) groups is 2. The monoisotopic (exact) mass is 353 g/mol. The van der Waals surface area contributed by atoms with Gasteiger partial charge < -0.3 is 14.6 Å². The molecule has 2 saturated heterocycles. The Hall–Kier alpha value is -1.96. The zero-order valence-corrected chi connectivity index (χ0v) is 13.8. The lowest BCUT2D eigenvalue weighted by Gasteiger charge is -2.45. The second kappa shape index (κ2) is 6.09. The number of alkyl halides is 2. The molecule has 0 spiro atoms. The number of hydrogen-bond donors (Lipinski definition) is 1. The normalized spacial score (nSPS) is 26.5. The summed E-state index contributed by atoms with van der Waals surface area (Å²) in [6, 6.07) is 2.38. The summed E-state index contributed by atoms with van der Waals surface area (Å²) in [4.78, 5) is 27.7. The van der Waals surface area contributed by atoms with Crippen LogP contribution in [0.1, 0.15) is 25.0 Å². The van der Waals surface area contributed by atoms with Crippen LogP contribution in [-0.2, 0) is 16.1 Å². The Balaban J connectivity index is 1.36. The lowest BCUT2D eigenvalue weighted by Crippen LogP contribution is -2.64. The molecule has 1 aliphatic carbocycles. The number of likely N-dealkylation sites (tertiary alicyclic amines) is 2. The molecule has 0 radical (unpaired) electrons. The fraction of sp³-hybridized carbons (Fsp3) is 0.647. The highest BCUT2D eigenvalue weighted by atomic mass is 19.3. The summed E-state index contributed by atoms with van der Waals surface area (Å²) >= 11 is 0. The van der Waals surface area contributed by atoms with Crippen LogP contribution in [0.15, 0.2) is 22.8 Å². The number of nitrogens with one attached hydrogen (secondary N) is 1. The van der Waals surface area contributed by atoms with Gasteiger partial charge in [0, 0.05) is 31.5 Å². The van der Waals surface area contributed by atoms with Crippen molar-refractivity contribution in [3.8, 4) is 0 Å². The Bertz CT molecular complexity index is 654. The minimum Gasteiger partial charge on any atom is -0.467 e. The summed E-state index contributed by atoms with van der Waals surface area (Å²) in [6.07, 6.45) is 2.88. The average molecular weight is 353 g/mol. The van der Waals surface area contributed by atoms with E-state index in [2.05, 4.69) is 5.32 Å². The van der Waals surface area contributed by atoms with Gasteiger partial charge in [-0.25, -0.2) is 8.78 Å². The maximum absolute atomic E-state index is 13.9. The number of rotatable bonds is 5. The van der Waals surface area contributed by atoms with Gasteiger partial charge >= 0.3 is 0 Å². The van der Waals surface area contributed by atoms with Gasteiger partial charge in [0.25, 0.3) is 5.92 Å². The molecule has 136 valence electrons. The maximum atomic E-state index is 13.9. The summed E-state index contributed by atoms with van der Waals surface area (Å²) in [5.74, 6) is -2.46. The first-order chi connectivity index (χ1) is 11.9. The van der Waals surface area contributed by atoms with Gasteiger partial charge in [0.2, 0.25) is 11.8 Å². The molecule has 3 fully saturated rings. The number of halogens is 2. The Morgan fingerprint density at radius 2 is 2.08 bits per heavy atom. The lowest BCUT2D eigenvalue weighted by atomic mass is 10.0. The minimum atomic E-state index is -2.88. The van der Waals surface area contributed by atoms with E-state index in [1.807, 2.05) is 0 Å². The van der Waals surface area contributed by atoms with Crippen LogP contribution in [0.4, 0.5) is 8.78 Å². The average Bonchev–Trinajstić information content (AvgIpc) is 3.14. The van der Waals surface area contributed by atoms with Crippen LogP contribution in [0.25, 0.3) is 0 Å². The topological polar surface area (TPSA) is 65.8 Å². The molecule has 1 aromatic rings. The van der Waals surface area contributed by atoms with Crippen LogP contribution in [-0.4, -0.2) is 59.3 Å². The van der Waals surface area contributed by atoms with Crippen molar-refractivity contribution in [1.29, 1.82) is 0 Å². The largest absolute Gasteiger partial charge is 0.467 e. The highest BCUT2D eigenvalue weighted by molar-refractivity contribution is 5.83. The maximum Gasteiger partial charge on any atom is 0.262 e. The van der Waals surface area contributed by atoms with Crippen molar-refractivity contribution >= 4 is 11.8 Å². The highest BCUT2D eigenvalue weighted by Gasteiger charge is 2.53. The fourth-order valence-electron chi connectivity index (χ4n) is 3.61. The van der Waals surface area contributed by atoms with Crippen LogP contribution in [0, 0.1) is 5.92 Å². The number of carbonyl (C=O) groups excluding carboxylic acids is 2. The van der Waals surface area contributed by atoms with Crippen molar-refractivity contribution in [3.63, 3.8) is 0 Å². The van der Waals surface area contributed by atoms with Gasteiger partial charge in [-0.05, 0) is 25.0 Å². The quantitative estimate of drug-likeness (QED) is 0.865. The first-order valence-corrected chi connectivity index (χ1v) is 8.65. The van der Waals surface area contributed by atoms with Crippen LogP contribution in [0.2, 0.25) is 0 Å². The molecule has 0 aromatic carbocycles. The molecule has 3 heterocycles. The summed E-state index contributed by atoms with van der Waals surface area (Å²) in [5.41, 5.74) is 0. The molecule has 1 aromatic heterocycles. The van der Waals surface area contributed by atoms with Crippen molar-refractivity contribution < 1.29 is 22.8 Å². The Morgan fingerprint density at radius 3 is 2.72 bits per heavy atom. The molecular weight excluding hydrogens is 332 g/mol. The second-order valence-electron chi connectivity index (χ2n) is 7.22. The third-order valence-corrected chi connectivity index (χ3v) is 5.20. The third-order valence-electron chi connectivity index (χ3n) is 5.20. The molecular formula is C17H21F2N3O3. The van der Waals surface area contributed by atoms with Crippen LogP contribution >= 0.6 is 0 Å². The molecule has 3 aliphatic rings. The number of nitrogens with zero attached hydrogens (tertiary/aromatic N) is 2. The SMILES string of the molecule is O=C(NCc1ccco1)C1CC(F)(F)CN1C1CN(C(=O)C2CC2)C1. The van der Waals surface area contributed by atoms with E-state index in [0.717, 1.165) is 12.8 Å². The summed E-state index contributed by atoms with van der Waals surface area (Å²) in [6.45, 7) is 0.626. The van der Waals surface area contributed by atoms with Gasteiger partial charge in [-0.3, -0.25) is 14.5 Å². The van der Waals surface area contributed by atoms with E-state index in [0.29, 0.717) is 18.8 Å². The van der Waals surface area contributed by atoms with Crippen molar-refractivity contribution in [3.05, 3.63) is 24.2 Å². The lowest BCUT2D eigenvalue weighted by molar-refractivity contribution is -0.141. The summed E-state index contributed by atoms with van der Waals surface area (Å²) in [5, 5.41) is 2.67. The summed E-state index contributed by atoms with van der Waals surface area (Å²) in [7, 11) is 0. The van der Waals surface area contributed by atoms with Crippen molar-refractivity contribution in [1.82, 2.24) is 15.1 Å². The van der Waals surface area contributed by atoms with Gasteiger partial charge in [0.05, 0.1) is 25.4 Å². The number of hydrogen-bond acceptors (Lipinski definition) is 4. The van der Waals surface area contributed by atoms with E-state index < -0.39 is 30.8 Å². The van der Waals surface area contributed by atoms with Gasteiger partial charge in [0.15, 0.2) is 0 Å². The molecule has 25 heavy (non-hydrogen) atoms. The zero-order chi connectivity index (χ0) is 17.6.